The van der Waals surface area contributed by atoms with Crippen LogP contribution in [0.2, 0.25) is 0 Å². The lowest BCUT2D eigenvalue weighted by molar-refractivity contribution is 0.0949. The average Bonchev–Trinajstić information content (AvgIpc) is 2.29. The topological polar surface area (TPSA) is 69.6 Å². The number of rotatable bonds is 5. The van der Waals surface area contributed by atoms with Gasteiger partial charge >= 0.3 is 7.12 Å². The van der Waals surface area contributed by atoms with E-state index < -0.39 is 18.8 Å². The number of halogens is 1. The maximum atomic E-state index is 13.7. The van der Waals surface area contributed by atoms with Crippen molar-refractivity contribution in [3.8, 4) is 0 Å². The third-order valence-electron chi connectivity index (χ3n) is 2.37. The van der Waals surface area contributed by atoms with E-state index in [-0.39, 0.29) is 11.0 Å². The molecule has 0 spiro atoms. The van der Waals surface area contributed by atoms with Crippen LogP contribution in [0.4, 0.5) is 4.39 Å². The van der Waals surface area contributed by atoms with E-state index in [9.17, 15) is 9.18 Å². The van der Waals surface area contributed by atoms with E-state index in [1.165, 1.54) is 18.2 Å². The predicted molar refractivity (Wildman–Crippen MR) is 63.5 cm³/mol. The van der Waals surface area contributed by atoms with Crippen LogP contribution >= 0.6 is 0 Å². The summed E-state index contributed by atoms with van der Waals surface area (Å²) in [5.74, 6) is -1.44. The standard InChI is InChI=1S/C11H15BFNO3/c1-2-3-7-14-11(15)8-5-4-6-9(10(8)13)12(16)17/h4-6,16-17H,2-3,7H2,1H3,(H,14,15). The van der Waals surface area contributed by atoms with Gasteiger partial charge in [0.05, 0.1) is 5.56 Å². The molecule has 1 aromatic carbocycles. The van der Waals surface area contributed by atoms with Gasteiger partial charge in [0.1, 0.15) is 5.82 Å². The Morgan fingerprint density at radius 1 is 1.47 bits per heavy atom. The summed E-state index contributed by atoms with van der Waals surface area (Å²) in [5, 5.41) is 20.4. The molecule has 4 nitrogen and oxygen atoms in total. The minimum absolute atomic E-state index is 0.174. The minimum atomic E-state index is -1.92. The van der Waals surface area contributed by atoms with E-state index in [0.29, 0.717) is 6.54 Å². The molecule has 0 aliphatic carbocycles. The lowest BCUT2D eigenvalue weighted by Gasteiger charge is -2.08. The zero-order valence-corrected chi connectivity index (χ0v) is 9.61. The van der Waals surface area contributed by atoms with E-state index in [2.05, 4.69) is 5.32 Å². The summed E-state index contributed by atoms with van der Waals surface area (Å²) < 4.78 is 13.7. The van der Waals surface area contributed by atoms with E-state index in [1.807, 2.05) is 6.92 Å². The largest absolute Gasteiger partial charge is 0.491 e. The first kappa shape index (κ1) is 13.7. The second kappa shape index (κ2) is 6.37. The smallest absolute Gasteiger partial charge is 0.423 e. The molecule has 0 unspecified atom stereocenters. The van der Waals surface area contributed by atoms with Crippen molar-refractivity contribution < 1.29 is 19.2 Å². The number of hydrogen-bond donors (Lipinski definition) is 3. The van der Waals surface area contributed by atoms with Crippen LogP contribution in [0, 0.1) is 5.82 Å². The Kier molecular flexibility index (Phi) is 5.12. The molecule has 0 aliphatic rings. The van der Waals surface area contributed by atoms with Crippen LogP contribution in [0.3, 0.4) is 0 Å². The number of carbonyl (C=O) groups excluding carboxylic acids is 1. The second-order valence-corrected chi connectivity index (χ2v) is 3.69. The third kappa shape index (κ3) is 3.54. The molecule has 0 saturated heterocycles. The minimum Gasteiger partial charge on any atom is -0.423 e. The number of carbonyl (C=O) groups is 1. The average molecular weight is 239 g/mol. The maximum absolute atomic E-state index is 13.7. The van der Waals surface area contributed by atoms with Gasteiger partial charge in [0.2, 0.25) is 0 Å². The van der Waals surface area contributed by atoms with Crippen molar-refractivity contribution in [2.45, 2.75) is 19.8 Å². The van der Waals surface area contributed by atoms with Crippen molar-refractivity contribution in [2.75, 3.05) is 6.54 Å². The highest BCUT2D eigenvalue weighted by Gasteiger charge is 2.21. The summed E-state index contributed by atoms with van der Waals surface area (Å²) in [7, 11) is -1.92. The summed E-state index contributed by atoms with van der Waals surface area (Å²) in [6.07, 6.45) is 1.74. The van der Waals surface area contributed by atoms with E-state index in [1.54, 1.807) is 0 Å². The van der Waals surface area contributed by atoms with Gasteiger partial charge in [-0.2, -0.15) is 0 Å². The van der Waals surface area contributed by atoms with E-state index >= 15 is 0 Å². The van der Waals surface area contributed by atoms with Gasteiger partial charge in [-0.3, -0.25) is 4.79 Å². The lowest BCUT2D eigenvalue weighted by atomic mass is 9.79. The summed E-state index contributed by atoms with van der Waals surface area (Å²) >= 11 is 0. The quantitative estimate of drug-likeness (QED) is 0.501. The fourth-order valence-corrected chi connectivity index (χ4v) is 1.40. The monoisotopic (exact) mass is 239 g/mol. The number of hydrogen-bond acceptors (Lipinski definition) is 3. The third-order valence-corrected chi connectivity index (χ3v) is 2.37. The van der Waals surface area contributed by atoms with E-state index in [4.69, 9.17) is 10.0 Å². The summed E-state index contributed by atoms with van der Waals surface area (Å²) in [4.78, 5) is 11.6. The number of amides is 1. The van der Waals surface area contributed by atoms with Crippen molar-refractivity contribution in [3.63, 3.8) is 0 Å². The molecule has 0 aromatic heterocycles. The van der Waals surface area contributed by atoms with Crippen LogP contribution in [0.1, 0.15) is 30.1 Å². The van der Waals surface area contributed by atoms with Crippen molar-refractivity contribution in [1.29, 1.82) is 0 Å². The zero-order valence-electron chi connectivity index (χ0n) is 9.61. The highest BCUT2D eigenvalue weighted by atomic mass is 19.1. The fraction of sp³-hybridized carbons (Fsp3) is 0.364. The first-order valence-corrected chi connectivity index (χ1v) is 5.50. The molecule has 1 amide bonds. The molecule has 0 fully saturated rings. The molecule has 0 saturated carbocycles. The highest BCUT2D eigenvalue weighted by molar-refractivity contribution is 6.58. The fourth-order valence-electron chi connectivity index (χ4n) is 1.40. The first-order valence-electron chi connectivity index (χ1n) is 5.50. The van der Waals surface area contributed by atoms with Gasteiger partial charge in [-0.1, -0.05) is 25.5 Å². The van der Waals surface area contributed by atoms with Crippen molar-refractivity contribution >= 4 is 18.5 Å². The molecule has 92 valence electrons. The normalized spacial score (nSPS) is 10.1. The molecule has 0 heterocycles. The van der Waals surface area contributed by atoms with Gasteiger partial charge < -0.3 is 15.4 Å². The summed E-state index contributed by atoms with van der Waals surface area (Å²) in [5.41, 5.74) is -0.472. The Morgan fingerprint density at radius 3 is 2.76 bits per heavy atom. The Morgan fingerprint density at radius 2 is 2.18 bits per heavy atom. The Balaban J connectivity index is 2.83. The van der Waals surface area contributed by atoms with Crippen LogP contribution in [-0.2, 0) is 0 Å². The number of nitrogens with one attached hydrogen (secondary N) is 1. The van der Waals surface area contributed by atoms with Crippen LogP contribution in [0.15, 0.2) is 18.2 Å². The van der Waals surface area contributed by atoms with Crippen LogP contribution in [-0.4, -0.2) is 29.6 Å². The Hall–Kier alpha value is -1.40. The summed E-state index contributed by atoms with van der Waals surface area (Å²) in [6, 6.07) is 3.94. The molecule has 3 N–H and O–H groups in total. The molecule has 6 heteroatoms. The molecular formula is C11H15BFNO3. The van der Waals surface area contributed by atoms with Gasteiger partial charge in [-0.05, 0) is 12.5 Å². The SMILES string of the molecule is CCCCNC(=O)c1cccc(B(O)O)c1F. The molecule has 0 atom stereocenters. The highest BCUT2D eigenvalue weighted by Crippen LogP contribution is 2.05. The molecule has 1 rings (SSSR count). The summed E-state index contributed by atoms with van der Waals surface area (Å²) in [6.45, 7) is 2.45. The molecule has 1 aromatic rings. The van der Waals surface area contributed by atoms with Gasteiger partial charge in [-0.15, -0.1) is 0 Å². The predicted octanol–water partition coefficient (Wildman–Crippen LogP) is 0.0354. The number of unbranched alkanes of at least 4 members (excludes halogenated alkanes) is 1. The van der Waals surface area contributed by atoms with Crippen molar-refractivity contribution in [2.24, 2.45) is 0 Å². The lowest BCUT2D eigenvalue weighted by Crippen LogP contribution is -2.35. The van der Waals surface area contributed by atoms with Gasteiger partial charge in [0.15, 0.2) is 0 Å². The van der Waals surface area contributed by atoms with E-state index in [0.717, 1.165) is 12.8 Å². The molecule has 17 heavy (non-hydrogen) atoms. The molecule has 0 aliphatic heterocycles. The van der Waals surface area contributed by atoms with Gasteiger partial charge in [-0.25, -0.2) is 4.39 Å². The maximum Gasteiger partial charge on any atom is 0.491 e. The van der Waals surface area contributed by atoms with Crippen LogP contribution in [0.5, 0.6) is 0 Å². The molecule has 0 radical (unpaired) electrons. The Labute approximate surface area is 99.6 Å². The first-order chi connectivity index (χ1) is 8.07. The molecule has 0 bridgehead atoms. The molecular weight excluding hydrogens is 224 g/mol. The van der Waals surface area contributed by atoms with Crippen molar-refractivity contribution in [1.82, 2.24) is 5.32 Å². The number of benzene rings is 1. The van der Waals surface area contributed by atoms with Gasteiger partial charge in [0.25, 0.3) is 5.91 Å². The van der Waals surface area contributed by atoms with Crippen LogP contribution < -0.4 is 10.8 Å². The second-order valence-electron chi connectivity index (χ2n) is 3.69. The van der Waals surface area contributed by atoms with Gasteiger partial charge in [0, 0.05) is 12.0 Å². The zero-order chi connectivity index (χ0) is 12.8. The van der Waals surface area contributed by atoms with Crippen LogP contribution in [0.25, 0.3) is 0 Å². The van der Waals surface area contributed by atoms with Crippen molar-refractivity contribution in [3.05, 3.63) is 29.6 Å². The Bertz CT molecular complexity index is 398.